The lowest BCUT2D eigenvalue weighted by Gasteiger charge is -2.30. The maximum absolute atomic E-state index is 2.46. The number of para-hydroxylation sites is 3. The van der Waals surface area contributed by atoms with Crippen LogP contribution in [-0.2, 0) is 0 Å². The van der Waals surface area contributed by atoms with Crippen molar-refractivity contribution in [3.8, 4) is 55.9 Å². The van der Waals surface area contributed by atoms with Gasteiger partial charge >= 0.3 is 0 Å². The first-order valence-corrected chi connectivity index (χ1v) is 29.5. The lowest BCUT2D eigenvalue weighted by molar-refractivity contribution is 1.18. The zero-order chi connectivity index (χ0) is 56.9. The van der Waals surface area contributed by atoms with Gasteiger partial charge in [-0.25, -0.2) is 0 Å². The highest BCUT2D eigenvalue weighted by molar-refractivity contribution is 6.14. The van der Waals surface area contributed by atoms with Gasteiger partial charge in [0.15, 0.2) is 0 Å². The Balaban J connectivity index is 0.862. The van der Waals surface area contributed by atoms with Crippen LogP contribution in [-0.4, -0.2) is 9.13 Å². The zero-order valence-electron chi connectivity index (χ0n) is 47.1. The lowest BCUT2D eigenvalue weighted by Crippen LogP contribution is -2.13. The van der Waals surface area contributed by atoms with Crippen LogP contribution >= 0.6 is 0 Å². The van der Waals surface area contributed by atoms with Gasteiger partial charge in [0.1, 0.15) is 0 Å². The largest absolute Gasteiger partial charge is 0.310 e. The molecule has 14 aromatic carbocycles. The summed E-state index contributed by atoms with van der Waals surface area (Å²) < 4.78 is 4.82. The van der Waals surface area contributed by atoms with Gasteiger partial charge in [0.2, 0.25) is 0 Å². The van der Waals surface area contributed by atoms with E-state index in [1.54, 1.807) is 0 Å². The molecule has 0 saturated heterocycles. The number of hydrogen-bond donors (Lipinski definition) is 0. The summed E-state index contributed by atoms with van der Waals surface area (Å²) in [7, 11) is 0. The predicted molar refractivity (Wildman–Crippen MR) is 364 cm³/mol. The van der Waals surface area contributed by atoms with Gasteiger partial charge in [-0.15, -0.1) is 0 Å². The molecule has 2 aromatic heterocycles. The minimum absolute atomic E-state index is 1.04. The van der Waals surface area contributed by atoms with Gasteiger partial charge < -0.3 is 18.9 Å². The van der Waals surface area contributed by atoms with E-state index in [-0.39, 0.29) is 0 Å². The summed E-state index contributed by atoms with van der Waals surface area (Å²) in [5.41, 5.74) is 22.7. The van der Waals surface area contributed by atoms with Crippen LogP contribution in [0, 0.1) is 0 Å². The van der Waals surface area contributed by atoms with Crippen molar-refractivity contribution in [3.63, 3.8) is 0 Å². The fourth-order valence-corrected chi connectivity index (χ4v) is 13.0. The van der Waals surface area contributed by atoms with Crippen LogP contribution in [0.2, 0.25) is 0 Å². The first kappa shape index (κ1) is 50.3. The van der Waals surface area contributed by atoms with Gasteiger partial charge in [-0.3, -0.25) is 0 Å². The van der Waals surface area contributed by atoms with E-state index in [2.05, 4.69) is 359 Å². The molecule has 0 saturated carbocycles. The van der Waals surface area contributed by atoms with Crippen LogP contribution in [0.15, 0.2) is 340 Å². The summed E-state index contributed by atoms with van der Waals surface area (Å²) in [5, 5.41) is 7.07. The van der Waals surface area contributed by atoms with Crippen molar-refractivity contribution in [1.82, 2.24) is 9.13 Å². The molecule has 16 rings (SSSR count). The lowest BCUT2D eigenvalue weighted by atomic mass is 9.99. The monoisotopic (exact) mass is 1100 g/mol. The van der Waals surface area contributed by atoms with Gasteiger partial charge in [0, 0.05) is 66.7 Å². The molecule has 0 aliphatic rings. The Kier molecular flexibility index (Phi) is 12.5. The van der Waals surface area contributed by atoms with Gasteiger partial charge in [-0.1, -0.05) is 218 Å². The minimum atomic E-state index is 1.04. The van der Waals surface area contributed by atoms with E-state index in [1.165, 1.54) is 76.8 Å². The highest BCUT2D eigenvalue weighted by Crippen LogP contribution is 2.47. The molecule has 86 heavy (non-hydrogen) atoms. The van der Waals surface area contributed by atoms with Crippen LogP contribution < -0.4 is 9.80 Å². The number of benzene rings is 14. The molecule has 0 atom stereocenters. The van der Waals surface area contributed by atoms with E-state index in [1.807, 2.05) is 0 Å². The summed E-state index contributed by atoms with van der Waals surface area (Å²) in [6, 6.07) is 124. The number of fused-ring (bicyclic) bond motifs is 7. The van der Waals surface area contributed by atoms with Crippen LogP contribution in [0.4, 0.5) is 34.1 Å². The molecule has 0 fully saturated rings. The Hall–Kier alpha value is -11.5. The third-order valence-electron chi connectivity index (χ3n) is 17.1. The van der Waals surface area contributed by atoms with Gasteiger partial charge in [-0.05, 0) is 171 Å². The smallest absolute Gasteiger partial charge is 0.0542 e. The van der Waals surface area contributed by atoms with E-state index in [9.17, 15) is 0 Å². The van der Waals surface area contributed by atoms with Crippen LogP contribution in [0.3, 0.4) is 0 Å². The van der Waals surface area contributed by atoms with Crippen molar-refractivity contribution in [1.29, 1.82) is 0 Å². The standard InChI is InChI=1S/C82H56N4/c1-6-20-57(21-7-1)59-36-40-61(41-37-59)64-44-48-79-74(52-64)76-55-71(46-50-81(76)85(79)67-28-12-4-13-29-67)83(66-26-10-3-11-27-66)69-32-19-33-70(54-69)84(78-35-18-25-63-24-16-17-34-73(63)78)72-47-51-82-77(56-72)75-53-65(45-49-80(75)86(82)68-30-14-5-15-31-68)62-42-38-60(39-43-62)58-22-8-2-9-23-58/h1-56H. The Labute approximate surface area is 500 Å². The molecular formula is C82H56N4. The normalized spacial score (nSPS) is 11.5. The second kappa shape index (κ2) is 21.4. The third kappa shape index (κ3) is 8.96. The van der Waals surface area contributed by atoms with Crippen molar-refractivity contribution in [2.24, 2.45) is 0 Å². The predicted octanol–water partition coefficient (Wildman–Crippen LogP) is 22.6. The first-order chi connectivity index (χ1) is 42.6. The minimum Gasteiger partial charge on any atom is -0.310 e. The van der Waals surface area contributed by atoms with E-state index < -0.39 is 0 Å². The molecule has 0 N–H and O–H groups in total. The summed E-state index contributed by atoms with van der Waals surface area (Å²) in [5.74, 6) is 0. The number of hydrogen-bond acceptors (Lipinski definition) is 2. The molecule has 0 radical (unpaired) electrons. The topological polar surface area (TPSA) is 16.3 Å². The zero-order valence-corrected chi connectivity index (χ0v) is 47.1. The molecule has 0 aliphatic heterocycles. The number of anilines is 6. The molecule has 0 unspecified atom stereocenters. The Morgan fingerprint density at radius 2 is 0.512 bits per heavy atom. The molecule has 4 heteroatoms. The van der Waals surface area contributed by atoms with Crippen LogP contribution in [0.5, 0.6) is 0 Å². The van der Waals surface area contributed by atoms with Crippen molar-refractivity contribution < 1.29 is 0 Å². The highest BCUT2D eigenvalue weighted by Gasteiger charge is 2.23. The molecule has 0 amide bonds. The molecular weight excluding hydrogens is 1040 g/mol. The maximum atomic E-state index is 2.46. The summed E-state index contributed by atoms with van der Waals surface area (Å²) in [6.45, 7) is 0. The van der Waals surface area contributed by atoms with E-state index in [4.69, 9.17) is 0 Å². The highest BCUT2D eigenvalue weighted by atomic mass is 15.2. The molecule has 0 bridgehead atoms. The van der Waals surface area contributed by atoms with E-state index in [0.29, 0.717) is 0 Å². The fourth-order valence-electron chi connectivity index (χ4n) is 13.0. The Bertz CT molecular complexity index is 5120. The number of rotatable bonds is 12. The van der Waals surface area contributed by atoms with Gasteiger partial charge in [0.05, 0.1) is 27.8 Å². The molecule has 4 nitrogen and oxygen atoms in total. The van der Waals surface area contributed by atoms with Crippen molar-refractivity contribution >= 4 is 88.5 Å². The number of nitrogens with zero attached hydrogens (tertiary/aromatic N) is 4. The maximum Gasteiger partial charge on any atom is 0.0542 e. The van der Waals surface area contributed by atoms with Crippen LogP contribution in [0.1, 0.15) is 0 Å². The summed E-state index contributed by atoms with van der Waals surface area (Å²) in [6.07, 6.45) is 0. The summed E-state index contributed by atoms with van der Waals surface area (Å²) in [4.78, 5) is 4.86. The van der Waals surface area contributed by atoms with E-state index in [0.717, 1.165) is 67.6 Å². The molecule has 0 aliphatic carbocycles. The van der Waals surface area contributed by atoms with E-state index >= 15 is 0 Å². The number of aromatic nitrogens is 2. The fraction of sp³-hybridized carbons (Fsp3) is 0. The van der Waals surface area contributed by atoms with Crippen molar-refractivity contribution in [3.05, 3.63) is 340 Å². The molecule has 16 aromatic rings. The van der Waals surface area contributed by atoms with Gasteiger partial charge in [0.25, 0.3) is 0 Å². The SMILES string of the molecule is c1ccc(-c2ccc(-c3ccc4c(c3)c3cc(N(c5ccccc5)c5cccc(N(c6ccc7c(c6)c6cc(-c8ccc(-c9ccccc9)cc8)ccc6n7-c6ccccc6)c6cccc7ccccc67)c5)ccc3n4-c3ccccc3)cc2)cc1. The van der Waals surface area contributed by atoms with Gasteiger partial charge in [-0.2, -0.15) is 0 Å². The first-order valence-electron chi connectivity index (χ1n) is 29.5. The van der Waals surface area contributed by atoms with Crippen molar-refractivity contribution in [2.45, 2.75) is 0 Å². The third-order valence-corrected chi connectivity index (χ3v) is 17.1. The average molecular weight is 1100 g/mol. The Morgan fingerprint density at radius 3 is 1.01 bits per heavy atom. The molecule has 2 heterocycles. The second-order valence-corrected chi connectivity index (χ2v) is 22.1. The second-order valence-electron chi connectivity index (χ2n) is 22.1. The quantitative estimate of drug-likeness (QED) is 0.121. The average Bonchev–Trinajstić information content (AvgIpc) is 3.88. The molecule has 404 valence electrons. The summed E-state index contributed by atoms with van der Waals surface area (Å²) >= 11 is 0. The Morgan fingerprint density at radius 1 is 0.186 bits per heavy atom. The van der Waals surface area contributed by atoms with Crippen LogP contribution in [0.25, 0.3) is 110 Å². The molecule has 0 spiro atoms. The van der Waals surface area contributed by atoms with Crippen molar-refractivity contribution in [2.75, 3.05) is 9.80 Å².